The molecule has 3 aliphatic carbocycles. The third-order valence-corrected chi connectivity index (χ3v) is 30.6. The zero-order chi connectivity index (χ0) is 86.6. The average molecular weight is 1620 g/mol. The van der Waals surface area contributed by atoms with Gasteiger partial charge in [0.1, 0.15) is 0 Å². The van der Waals surface area contributed by atoms with Gasteiger partial charge in [-0.2, -0.15) is 0 Å². The van der Waals surface area contributed by atoms with Crippen molar-refractivity contribution in [1.82, 2.24) is 0 Å². The molecule has 0 saturated carbocycles. The average Bonchev–Trinajstić information content (AvgIpc) is 1.55. The Morgan fingerprint density at radius 3 is 0.984 bits per heavy atom. The van der Waals surface area contributed by atoms with Crippen LogP contribution >= 0.6 is 0 Å². The summed E-state index contributed by atoms with van der Waals surface area (Å²) in [6.07, 6.45) is 0. The van der Waals surface area contributed by atoms with Crippen LogP contribution < -0.4 is 24.5 Å². The van der Waals surface area contributed by atoms with Crippen LogP contribution in [0.2, 0.25) is 0 Å². The molecule has 5 nitrogen and oxygen atoms in total. The summed E-state index contributed by atoms with van der Waals surface area (Å²) in [7, 11) is 11.0. The fraction of sp³-hybridized carbons (Fsp3) is 0.244. The van der Waals surface area contributed by atoms with E-state index in [0.717, 1.165) is 0 Å². The van der Waals surface area contributed by atoms with E-state index < -0.39 is 0 Å². The van der Waals surface area contributed by atoms with E-state index in [-0.39, 0.29) is 43.3 Å². The highest BCUT2D eigenvalue weighted by Crippen LogP contribution is 2.62. The third-order valence-electron chi connectivity index (χ3n) is 30.6. The molecule has 0 atom stereocenters. The highest BCUT2D eigenvalue weighted by atomic mass is 15.1. The van der Waals surface area contributed by atoms with Gasteiger partial charge in [-0.15, -0.1) is 0 Å². The molecule has 0 bridgehead atoms. The highest BCUT2D eigenvalue weighted by Gasteiger charge is 2.48. The Kier molecular flexibility index (Phi) is 18.1. The molecular formula is C119H115N5. The molecule has 0 fully saturated rings. The SMILES string of the molecule is CN1c2ccccc2C(C)(C)c2c1ccc1c2C(C)(C)c2ccccc2-1.CN1c2ccccc2C(C)(C)c2c1ccc1cc3ccccc3cc21.CN1c2ccccc2C(C)(C)c2cc3c(cc21)-c1ccccc1C3(C)C.CN1c2ccccc2C(C)(C)c2cc3c(cc21)C(C)(C)c1ccccc1-3.CN1c2ccccc2C(C)(C)c2ccc3ccccc3c21. The van der Waals surface area contributed by atoms with E-state index >= 15 is 0 Å². The molecule has 5 heterocycles. The topological polar surface area (TPSA) is 16.2 Å². The van der Waals surface area contributed by atoms with Crippen molar-refractivity contribution in [3.8, 4) is 33.4 Å². The number of anilines is 10. The van der Waals surface area contributed by atoms with Gasteiger partial charge >= 0.3 is 0 Å². The summed E-state index contributed by atoms with van der Waals surface area (Å²) in [4.78, 5) is 11.8. The van der Waals surface area contributed by atoms with Crippen LogP contribution in [0.4, 0.5) is 56.9 Å². The van der Waals surface area contributed by atoms with E-state index in [4.69, 9.17) is 0 Å². The molecule has 5 aliphatic heterocycles. The first-order chi connectivity index (χ1) is 59.2. The van der Waals surface area contributed by atoms with Crippen LogP contribution in [0.5, 0.6) is 0 Å². The normalized spacial score (nSPS) is 17.0. The minimum atomic E-state index is -0.0274. The molecule has 5 heteroatoms. The summed E-state index contributed by atoms with van der Waals surface area (Å²) in [6.45, 7) is 37.8. The number of benzene rings is 16. The van der Waals surface area contributed by atoms with Gasteiger partial charge in [0.05, 0.1) is 5.69 Å². The molecule has 0 aromatic heterocycles. The summed E-state index contributed by atoms with van der Waals surface area (Å²) >= 11 is 0. The van der Waals surface area contributed by atoms with Crippen molar-refractivity contribution in [3.63, 3.8) is 0 Å². The number of hydrogen-bond donors (Lipinski definition) is 0. The predicted molar refractivity (Wildman–Crippen MR) is 531 cm³/mol. The van der Waals surface area contributed by atoms with Crippen molar-refractivity contribution in [2.24, 2.45) is 0 Å². The van der Waals surface area contributed by atoms with Crippen LogP contribution in [0.15, 0.2) is 315 Å². The van der Waals surface area contributed by atoms with Crippen molar-refractivity contribution in [2.45, 2.75) is 154 Å². The summed E-state index contributed by atoms with van der Waals surface area (Å²) < 4.78 is 0. The zero-order valence-corrected chi connectivity index (χ0v) is 76.3. The van der Waals surface area contributed by atoms with Gasteiger partial charge in [0, 0.05) is 135 Å². The first kappa shape index (κ1) is 79.8. The van der Waals surface area contributed by atoms with Crippen LogP contribution in [0, 0.1) is 0 Å². The number of para-hydroxylation sites is 5. The lowest BCUT2D eigenvalue weighted by Gasteiger charge is -2.43. The lowest BCUT2D eigenvalue weighted by Crippen LogP contribution is -2.34. The lowest BCUT2D eigenvalue weighted by molar-refractivity contribution is 0.582. The highest BCUT2D eigenvalue weighted by molar-refractivity contribution is 6.05. The van der Waals surface area contributed by atoms with E-state index in [0.29, 0.717) is 0 Å². The Labute approximate surface area is 736 Å². The van der Waals surface area contributed by atoms with Crippen LogP contribution in [0.3, 0.4) is 0 Å². The summed E-state index contributed by atoms with van der Waals surface area (Å²) in [6, 6.07) is 116. The molecule has 8 aliphatic rings. The Balaban J connectivity index is 0.0000000984. The zero-order valence-electron chi connectivity index (χ0n) is 76.3. The summed E-state index contributed by atoms with van der Waals surface area (Å²) in [5, 5.41) is 7.93. The fourth-order valence-electron chi connectivity index (χ4n) is 23.7. The molecule has 16 aromatic rings. The van der Waals surface area contributed by atoms with Crippen LogP contribution in [0.1, 0.15) is 200 Å². The van der Waals surface area contributed by atoms with E-state index in [9.17, 15) is 0 Å². The second-order valence-corrected chi connectivity index (χ2v) is 40.3. The molecule has 616 valence electrons. The fourth-order valence-corrected chi connectivity index (χ4v) is 23.7. The van der Waals surface area contributed by atoms with Crippen molar-refractivity contribution < 1.29 is 0 Å². The van der Waals surface area contributed by atoms with Gasteiger partial charge < -0.3 is 24.5 Å². The standard InChI is InChI=1S/3C25H25N.C24H21N.C20H19N/c1-24(2)18-11-7-6-10-16(18)17-14-23-21(15-20(17)24)25(3,4)19-12-8-9-13-22(19)26(23)5;1-24(2)18-11-7-6-10-16(18)17-14-21-23(15-20(17)24)26(5)22-13-9-8-12-19(22)25(21,3)4;1-24(2)18-11-7-6-10-16(18)17-14-15-21-23(22(17)24)25(3,4)19-12-8-9-13-20(19)26(21)5;1-24(2)20-10-6-7-11-21(20)25(3)22-13-12-18-14-16-8-4-5-9-17(16)15-19(18)23(22)24;1-20(2)16-10-6-7-11-18(16)21(3)19-15-9-5-4-8-14(15)12-13-17(19)20/h3*6-15H,1-5H3;4-15H,1-3H3;4-13H,1-3H3. The molecule has 0 radical (unpaired) electrons. The Morgan fingerprint density at radius 2 is 0.476 bits per heavy atom. The predicted octanol–water partition coefficient (Wildman–Crippen LogP) is 30.8. The van der Waals surface area contributed by atoms with E-state index in [1.165, 1.54) is 212 Å². The van der Waals surface area contributed by atoms with E-state index in [1.54, 1.807) is 0 Å². The molecule has 0 spiro atoms. The van der Waals surface area contributed by atoms with Gasteiger partial charge in [-0.3, -0.25) is 0 Å². The van der Waals surface area contributed by atoms with Gasteiger partial charge in [-0.1, -0.05) is 353 Å². The largest absolute Gasteiger partial charge is 0.344 e. The first-order valence-electron chi connectivity index (χ1n) is 44.7. The van der Waals surface area contributed by atoms with Crippen molar-refractivity contribution >= 4 is 89.2 Å². The maximum Gasteiger partial charge on any atom is 0.0529 e. The minimum Gasteiger partial charge on any atom is -0.344 e. The smallest absolute Gasteiger partial charge is 0.0529 e. The van der Waals surface area contributed by atoms with Gasteiger partial charge in [0.25, 0.3) is 0 Å². The number of hydrogen-bond acceptors (Lipinski definition) is 5. The van der Waals surface area contributed by atoms with Crippen molar-refractivity contribution in [1.29, 1.82) is 0 Å². The van der Waals surface area contributed by atoms with Gasteiger partial charge in [-0.25, -0.2) is 0 Å². The summed E-state index contributed by atoms with van der Waals surface area (Å²) in [5.74, 6) is 0. The van der Waals surface area contributed by atoms with Gasteiger partial charge in [-0.05, 0) is 222 Å². The van der Waals surface area contributed by atoms with Crippen molar-refractivity contribution in [3.05, 3.63) is 404 Å². The Hall–Kier alpha value is -12.7. The molecule has 0 saturated heterocycles. The molecule has 0 N–H and O–H groups in total. The lowest BCUT2D eigenvalue weighted by atomic mass is 9.67. The maximum atomic E-state index is 2.48. The van der Waals surface area contributed by atoms with Gasteiger partial charge in [0.2, 0.25) is 0 Å². The molecular weight excluding hydrogens is 1500 g/mol. The van der Waals surface area contributed by atoms with E-state index in [2.05, 4.69) is 486 Å². The van der Waals surface area contributed by atoms with Gasteiger partial charge in [0.15, 0.2) is 0 Å². The maximum absolute atomic E-state index is 2.48. The molecule has 124 heavy (non-hydrogen) atoms. The third kappa shape index (κ3) is 11.6. The van der Waals surface area contributed by atoms with E-state index in [1.807, 2.05) is 0 Å². The van der Waals surface area contributed by atoms with Crippen LogP contribution in [-0.2, 0) is 43.3 Å². The molecule has 16 aromatic carbocycles. The van der Waals surface area contributed by atoms with Crippen LogP contribution in [0.25, 0.3) is 65.7 Å². The number of rotatable bonds is 0. The number of nitrogens with zero attached hydrogens (tertiary/aromatic N) is 5. The minimum absolute atomic E-state index is 0.00167. The molecule has 24 rings (SSSR count). The van der Waals surface area contributed by atoms with Crippen molar-refractivity contribution in [2.75, 3.05) is 59.7 Å². The molecule has 0 amide bonds. The second-order valence-electron chi connectivity index (χ2n) is 40.3. The molecule has 0 unspecified atom stereocenters. The monoisotopic (exact) mass is 1610 g/mol. The Bertz CT molecular complexity index is 7090. The van der Waals surface area contributed by atoms with Crippen LogP contribution in [-0.4, -0.2) is 35.2 Å². The Morgan fingerprint density at radius 1 is 0.153 bits per heavy atom. The first-order valence-corrected chi connectivity index (χ1v) is 44.7. The second kappa shape index (κ2) is 28.2. The number of fused-ring (bicyclic) bond motifs is 25. The summed E-state index contributed by atoms with van der Waals surface area (Å²) in [5.41, 5.74) is 44.6. The quantitative estimate of drug-likeness (QED) is 0.140.